The molecule has 5 nitrogen and oxygen atoms in total. The van der Waals surface area contributed by atoms with Crippen LogP contribution in [0.3, 0.4) is 0 Å². The van der Waals surface area contributed by atoms with Crippen LogP contribution in [0.5, 0.6) is 0 Å². The van der Waals surface area contributed by atoms with Gasteiger partial charge in [0.1, 0.15) is 0 Å². The van der Waals surface area contributed by atoms with E-state index in [-0.39, 0.29) is 4.90 Å². The summed E-state index contributed by atoms with van der Waals surface area (Å²) in [4.78, 5) is 2.28. The van der Waals surface area contributed by atoms with Crippen LogP contribution in [-0.4, -0.2) is 14.1 Å². The largest absolute Gasteiger partial charge is 0.399 e. The Morgan fingerprint density at radius 2 is 1.86 bits per heavy atom. The van der Waals surface area contributed by atoms with Gasteiger partial charge in [-0.3, -0.25) is 0 Å². The molecule has 0 atom stereocenters. The number of sulfonamides is 1. The molecule has 0 fully saturated rings. The van der Waals surface area contributed by atoms with E-state index in [2.05, 4.69) is 9.93 Å². The smallest absolute Gasteiger partial charge is 0.276 e. The fourth-order valence-corrected chi connectivity index (χ4v) is 2.61. The lowest BCUT2D eigenvalue weighted by atomic mass is 10.1. The molecule has 21 heavy (non-hydrogen) atoms. The van der Waals surface area contributed by atoms with Gasteiger partial charge in [-0.2, -0.15) is 18.4 Å². The number of nitrogens with zero attached hydrogens (tertiary/aromatic N) is 1. The number of hydrazone groups is 1. The van der Waals surface area contributed by atoms with Gasteiger partial charge in [0.05, 0.1) is 10.6 Å². The lowest BCUT2D eigenvalue weighted by molar-refractivity contribution is 0.584. The number of anilines is 1. The number of halogens is 1. The number of nitrogens with one attached hydrogen (secondary N) is 1. The van der Waals surface area contributed by atoms with Crippen molar-refractivity contribution in [3.63, 3.8) is 0 Å². The van der Waals surface area contributed by atoms with Crippen molar-refractivity contribution in [3.8, 4) is 0 Å². The van der Waals surface area contributed by atoms with Gasteiger partial charge in [-0.05, 0) is 48.9 Å². The minimum absolute atomic E-state index is 0.0935. The zero-order valence-electron chi connectivity index (χ0n) is 11.2. The van der Waals surface area contributed by atoms with E-state index >= 15 is 0 Å². The van der Waals surface area contributed by atoms with Gasteiger partial charge in [0.2, 0.25) is 0 Å². The van der Waals surface area contributed by atoms with Crippen LogP contribution in [0.1, 0.15) is 12.5 Å². The predicted octanol–water partition coefficient (Wildman–Crippen LogP) is 2.62. The van der Waals surface area contributed by atoms with Crippen LogP contribution < -0.4 is 10.6 Å². The Kier molecular flexibility index (Phi) is 4.50. The summed E-state index contributed by atoms with van der Waals surface area (Å²) in [5.41, 5.74) is 7.52. The molecule has 0 amide bonds. The Bertz CT molecular complexity index is 771. The van der Waals surface area contributed by atoms with E-state index < -0.39 is 10.0 Å². The van der Waals surface area contributed by atoms with Crippen molar-refractivity contribution < 1.29 is 8.42 Å². The summed E-state index contributed by atoms with van der Waals surface area (Å²) >= 11 is 5.73. The van der Waals surface area contributed by atoms with E-state index in [0.29, 0.717) is 16.4 Å². The highest BCUT2D eigenvalue weighted by atomic mass is 35.5. The highest BCUT2D eigenvalue weighted by molar-refractivity contribution is 7.89. The van der Waals surface area contributed by atoms with Crippen LogP contribution >= 0.6 is 11.6 Å². The summed E-state index contributed by atoms with van der Waals surface area (Å²) in [7, 11) is -3.72. The van der Waals surface area contributed by atoms with Crippen molar-refractivity contribution in [3.05, 3.63) is 59.1 Å². The maximum Gasteiger partial charge on any atom is 0.276 e. The van der Waals surface area contributed by atoms with Crippen molar-refractivity contribution in [1.29, 1.82) is 0 Å². The first-order valence-corrected chi connectivity index (χ1v) is 7.92. The monoisotopic (exact) mass is 323 g/mol. The van der Waals surface area contributed by atoms with Gasteiger partial charge >= 0.3 is 0 Å². The highest BCUT2D eigenvalue weighted by Gasteiger charge is 2.12. The van der Waals surface area contributed by atoms with Gasteiger partial charge in [0, 0.05) is 10.7 Å². The number of rotatable bonds is 4. The van der Waals surface area contributed by atoms with E-state index in [1.54, 1.807) is 31.2 Å². The Morgan fingerprint density at radius 1 is 1.19 bits per heavy atom. The SMILES string of the molecule is CC(=NNS(=O)(=O)c1ccc(Cl)cc1)c1cccc(N)c1. The van der Waals surface area contributed by atoms with Gasteiger partial charge in [0.25, 0.3) is 10.0 Å². The normalized spacial score (nSPS) is 12.2. The third-order valence-electron chi connectivity index (χ3n) is 2.76. The second kappa shape index (κ2) is 6.15. The lowest BCUT2D eigenvalue weighted by Crippen LogP contribution is -2.19. The first-order chi connectivity index (χ1) is 9.88. The molecular weight excluding hydrogens is 310 g/mol. The summed E-state index contributed by atoms with van der Waals surface area (Å²) < 4.78 is 24.1. The van der Waals surface area contributed by atoms with Gasteiger partial charge < -0.3 is 5.73 Å². The molecule has 0 saturated heterocycles. The van der Waals surface area contributed by atoms with E-state index in [1.807, 2.05) is 0 Å². The van der Waals surface area contributed by atoms with Crippen LogP contribution in [0, 0.1) is 0 Å². The van der Waals surface area contributed by atoms with Gasteiger partial charge in [-0.15, -0.1) is 0 Å². The topological polar surface area (TPSA) is 84.5 Å². The average Bonchev–Trinajstić information content (AvgIpc) is 2.45. The van der Waals surface area contributed by atoms with E-state index in [4.69, 9.17) is 17.3 Å². The third kappa shape index (κ3) is 3.96. The molecule has 0 bridgehead atoms. The molecule has 0 saturated carbocycles. The predicted molar refractivity (Wildman–Crippen MR) is 84.8 cm³/mol. The van der Waals surface area contributed by atoms with Crippen molar-refractivity contribution in [2.75, 3.05) is 5.73 Å². The molecule has 0 unspecified atom stereocenters. The van der Waals surface area contributed by atoms with Crippen LogP contribution in [-0.2, 0) is 10.0 Å². The molecular formula is C14H14ClN3O2S. The second-order valence-electron chi connectivity index (χ2n) is 4.37. The second-order valence-corrected chi connectivity index (χ2v) is 6.47. The van der Waals surface area contributed by atoms with Gasteiger partial charge in [-0.1, -0.05) is 23.7 Å². The van der Waals surface area contributed by atoms with Crippen LogP contribution in [0.4, 0.5) is 5.69 Å². The van der Waals surface area contributed by atoms with Crippen molar-refractivity contribution in [2.24, 2.45) is 5.10 Å². The minimum atomic E-state index is -3.72. The lowest BCUT2D eigenvalue weighted by Gasteiger charge is -2.06. The van der Waals surface area contributed by atoms with Crippen LogP contribution in [0.15, 0.2) is 58.5 Å². The minimum Gasteiger partial charge on any atom is -0.399 e. The van der Waals surface area contributed by atoms with Gasteiger partial charge in [-0.25, -0.2) is 0 Å². The molecule has 7 heteroatoms. The maximum absolute atomic E-state index is 12.1. The Balaban J connectivity index is 2.21. The molecule has 0 spiro atoms. The molecule has 110 valence electrons. The summed E-state index contributed by atoms with van der Waals surface area (Å²) in [5, 5.41) is 4.36. The summed E-state index contributed by atoms with van der Waals surface area (Å²) in [5.74, 6) is 0. The molecule has 2 aromatic carbocycles. The fourth-order valence-electron chi connectivity index (χ4n) is 1.62. The number of nitrogens with two attached hydrogens (primary N) is 1. The van der Waals surface area contributed by atoms with E-state index in [9.17, 15) is 8.42 Å². The first-order valence-electron chi connectivity index (χ1n) is 6.06. The molecule has 2 aromatic rings. The van der Waals surface area contributed by atoms with E-state index in [0.717, 1.165) is 5.56 Å². The van der Waals surface area contributed by atoms with Crippen LogP contribution in [0.25, 0.3) is 0 Å². The fraction of sp³-hybridized carbons (Fsp3) is 0.0714. The number of hydrogen-bond acceptors (Lipinski definition) is 4. The number of benzene rings is 2. The Labute approximate surface area is 128 Å². The van der Waals surface area contributed by atoms with Crippen molar-refractivity contribution in [1.82, 2.24) is 4.83 Å². The molecule has 0 radical (unpaired) electrons. The highest BCUT2D eigenvalue weighted by Crippen LogP contribution is 2.14. The molecule has 0 heterocycles. The summed E-state index contributed by atoms with van der Waals surface area (Å²) in [6, 6.07) is 12.9. The number of hydrogen-bond donors (Lipinski definition) is 2. The quantitative estimate of drug-likeness (QED) is 0.515. The molecule has 3 N–H and O–H groups in total. The van der Waals surface area contributed by atoms with Crippen molar-refractivity contribution in [2.45, 2.75) is 11.8 Å². The number of nitrogen functional groups attached to an aromatic ring is 1. The third-order valence-corrected chi connectivity index (χ3v) is 4.24. The Morgan fingerprint density at radius 3 is 2.48 bits per heavy atom. The summed E-state index contributed by atoms with van der Waals surface area (Å²) in [6.07, 6.45) is 0. The Hall–Kier alpha value is -2.05. The molecule has 0 aromatic heterocycles. The molecule has 0 aliphatic heterocycles. The molecule has 0 aliphatic rings. The first kappa shape index (κ1) is 15.3. The zero-order chi connectivity index (χ0) is 15.5. The zero-order valence-corrected chi connectivity index (χ0v) is 12.8. The van der Waals surface area contributed by atoms with Crippen LogP contribution in [0.2, 0.25) is 5.02 Å². The van der Waals surface area contributed by atoms with Crippen molar-refractivity contribution >= 4 is 33.0 Å². The maximum atomic E-state index is 12.1. The van der Waals surface area contributed by atoms with Gasteiger partial charge in [0.15, 0.2) is 0 Å². The molecule has 0 aliphatic carbocycles. The molecule has 2 rings (SSSR count). The average molecular weight is 324 g/mol. The van der Waals surface area contributed by atoms with E-state index in [1.165, 1.54) is 24.3 Å². The summed E-state index contributed by atoms with van der Waals surface area (Å²) in [6.45, 7) is 1.69. The standard InChI is InChI=1S/C14H14ClN3O2S/c1-10(11-3-2-4-13(16)9-11)17-18-21(19,20)14-7-5-12(15)6-8-14/h2-9,18H,16H2,1H3.